The summed E-state index contributed by atoms with van der Waals surface area (Å²) < 4.78 is 0. The zero-order valence-corrected chi connectivity index (χ0v) is 11.4. The van der Waals surface area contributed by atoms with E-state index in [1.54, 1.807) is 13.8 Å². The highest BCUT2D eigenvalue weighted by molar-refractivity contribution is 5.82. The molecule has 0 spiro atoms. The minimum absolute atomic E-state index is 0.125. The number of carbonyl (C=O) groups excluding carboxylic acids is 1. The van der Waals surface area contributed by atoms with E-state index in [4.69, 9.17) is 5.11 Å². The van der Waals surface area contributed by atoms with Gasteiger partial charge in [0.05, 0.1) is 0 Å². The predicted molar refractivity (Wildman–Crippen MR) is 69.3 cm³/mol. The first-order chi connectivity index (χ1) is 8.40. The van der Waals surface area contributed by atoms with Crippen LogP contribution in [-0.4, -0.2) is 29.2 Å². The Hall–Kier alpha value is -1.26. The van der Waals surface area contributed by atoms with E-state index in [1.165, 1.54) is 0 Å². The first-order valence-electron chi connectivity index (χ1n) is 6.70. The molecule has 104 valence electrons. The number of rotatable bonds is 4. The van der Waals surface area contributed by atoms with Crippen LogP contribution in [0.2, 0.25) is 0 Å². The fourth-order valence-electron chi connectivity index (χ4n) is 2.29. The van der Waals surface area contributed by atoms with Gasteiger partial charge in [0.2, 0.25) is 0 Å². The monoisotopic (exact) mass is 256 g/mol. The standard InChI is InChI=1S/C13H24N2O3/c1-8(2)11(12(16)17)15-13(18)14-10-6-4-9(3)5-7-10/h8-11H,4-7H2,1-3H3,(H,16,17)(H2,14,15,18)/t9?,10?,11-/m0/s1. The molecule has 5 nitrogen and oxygen atoms in total. The third kappa shape index (κ3) is 4.55. The number of carboxylic acid groups (broad SMARTS) is 1. The first kappa shape index (κ1) is 14.8. The van der Waals surface area contributed by atoms with Crippen molar-refractivity contribution in [1.29, 1.82) is 0 Å². The van der Waals surface area contributed by atoms with Crippen molar-refractivity contribution in [2.75, 3.05) is 0 Å². The average molecular weight is 256 g/mol. The third-order valence-electron chi connectivity index (χ3n) is 3.57. The number of hydrogen-bond acceptors (Lipinski definition) is 2. The molecule has 0 saturated heterocycles. The van der Waals surface area contributed by atoms with Crippen LogP contribution in [0, 0.1) is 11.8 Å². The lowest BCUT2D eigenvalue weighted by molar-refractivity contribution is -0.140. The molecule has 1 fully saturated rings. The van der Waals surface area contributed by atoms with E-state index in [2.05, 4.69) is 17.6 Å². The Bertz CT molecular complexity index is 297. The van der Waals surface area contributed by atoms with Gasteiger partial charge in [-0.05, 0) is 37.5 Å². The Morgan fingerprint density at radius 1 is 1.17 bits per heavy atom. The van der Waals surface area contributed by atoms with Crippen LogP contribution in [0.15, 0.2) is 0 Å². The summed E-state index contributed by atoms with van der Waals surface area (Å²) in [5.74, 6) is -0.384. The molecular weight excluding hydrogens is 232 g/mol. The second-order valence-electron chi connectivity index (χ2n) is 5.63. The molecule has 1 aliphatic carbocycles. The summed E-state index contributed by atoms with van der Waals surface area (Å²) in [6.07, 6.45) is 4.21. The molecular formula is C13H24N2O3. The second-order valence-corrected chi connectivity index (χ2v) is 5.63. The van der Waals surface area contributed by atoms with Crippen molar-refractivity contribution in [3.8, 4) is 0 Å². The SMILES string of the molecule is CC1CCC(NC(=O)N[C@H](C(=O)O)C(C)C)CC1. The van der Waals surface area contributed by atoms with Gasteiger partial charge in [-0.3, -0.25) is 0 Å². The lowest BCUT2D eigenvalue weighted by atomic mass is 9.87. The quantitative estimate of drug-likeness (QED) is 0.719. The van der Waals surface area contributed by atoms with E-state index in [9.17, 15) is 9.59 Å². The van der Waals surface area contributed by atoms with Gasteiger partial charge in [0, 0.05) is 6.04 Å². The van der Waals surface area contributed by atoms with Crippen molar-refractivity contribution < 1.29 is 14.7 Å². The third-order valence-corrected chi connectivity index (χ3v) is 3.57. The molecule has 1 aliphatic rings. The first-order valence-corrected chi connectivity index (χ1v) is 6.70. The molecule has 1 saturated carbocycles. The molecule has 1 atom stereocenters. The van der Waals surface area contributed by atoms with Crippen LogP contribution in [0.1, 0.15) is 46.5 Å². The van der Waals surface area contributed by atoms with Crippen molar-refractivity contribution in [2.45, 2.75) is 58.5 Å². The second kappa shape index (κ2) is 6.61. The molecule has 0 bridgehead atoms. The highest BCUT2D eigenvalue weighted by atomic mass is 16.4. The van der Waals surface area contributed by atoms with E-state index < -0.39 is 12.0 Å². The summed E-state index contributed by atoms with van der Waals surface area (Å²) in [4.78, 5) is 22.7. The molecule has 0 aromatic rings. The number of urea groups is 1. The van der Waals surface area contributed by atoms with Crippen LogP contribution in [0.4, 0.5) is 4.79 Å². The maximum atomic E-state index is 11.7. The van der Waals surface area contributed by atoms with Gasteiger partial charge in [0.15, 0.2) is 0 Å². The summed E-state index contributed by atoms with van der Waals surface area (Å²) in [6.45, 7) is 5.78. The molecule has 0 aromatic heterocycles. The number of carbonyl (C=O) groups is 2. The predicted octanol–water partition coefficient (Wildman–Crippen LogP) is 1.97. The van der Waals surface area contributed by atoms with Crippen molar-refractivity contribution in [1.82, 2.24) is 10.6 Å². The Balaban J connectivity index is 2.38. The Morgan fingerprint density at radius 3 is 2.17 bits per heavy atom. The smallest absolute Gasteiger partial charge is 0.326 e. The zero-order chi connectivity index (χ0) is 13.7. The highest BCUT2D eigenvalue weighted by Crippen LogP contribution is 2.23. The lowest BCUT2D eigenvalue weighted by Gasteiger charge is -2.28. The number of carboxylic acids is 1. The number of aliphatic carboxylic acids is 1. The molecule has 0 aromatic carbocycles. The van der Waals surface area contributed by atoms with Crippen molar-refractivity contribution in [2.24, 2.45) is 11.8 Å². The zero-order valence-electron chi connectivity index (χ0n) is 11.4. The summed E-state index contributed by atoms with van der Waals surface area (Å²) in [7, 11) is 0. The van der Waals surface area contributed by atoms with E-state index in [0.29, 0.717) is 0 Å². The highest BCUT2D eigenvalue weighted by Gasteiger charge is 2.25. The van der Waals surface area contributed by atoms with Crippen LogP contribution in [0.25, 0.3) is 0 Å². The van der Waals surface area contributed by atoms with Gasteiger partial charge in [0.1, 0.15) is 6.04 Å². The van der Waals surface area contributed by atoms with Crippen LogP contribution in [0.3, 0.4) is 0 Å². The molecule has 18 heavy (non-hydrogen) atoms. The van der Waals surface area contributed by atoms with Crippen molar-refractivity contribution in [3.63, 3.8) is 0 Å². The fraction of sp³-hybridized carbons (Fsp3) is 0.846. The number of hydrogen-bond donors (Lipinski definition) is 3. The Labute approximate surface area is 108 Å². The van der Waals surface area contributed by atoms with Gasteiger partial charge in [-0.15, -0.1) is 0 Å². The lowest BCUT2D eigenvalue weighted by Crippen LogP contribution is -2.51. The maximum Gasteiger partial charge on any atom is 0.326 e. The minimum atomic E-state index is -0.989. The van der Waals surface area contributed by atoms with Crippen LogP contribution < -0.4 is 10.6 Å². The molecule has 5 heteroatoms. The van der Waals surface area contributed by atoms with Gasteiger partial charge >= 0.3 is 12.0 Å². The Kier molecular flexibility index (Phi) is 5.44. The van der Waals surface area contributed by atoms with Crippen LogP contribution in [0.5, 0.6) is 0 Å². The summed E-state index contributed by atoms with van der Waals surface area (Å²) in [5, 5.41) is 14.4. The Morgan fingerprint density at radius 2 is 1.72 bits per heavy atom. The number of amides is 2. The summed E-state index contributed by atoms with van der Waals surface area (Å²) >= 11 is 0. The minimum Gasteiger partial charge on any atom is -0.480 e. The topological polar surface area (TPSA) is 78.4 Å². The molecule has 0 aliphatic heterocycles. The summed E-state index contributed by atoms with van der Waals surface area (Å²) in [5.41, 5.74) is 0. The van der Waals surface area contributed by atoms with E-state index >= 15 is 0 Å². The molecule has 0 heterocycles. The van der Waals surface area contributed by atoms with Crippen LogP contribution >= 0.6 is 0 Å². The van der Waals surface area contributed by atoms with Gasteiger partial charge in [0.25, 0.3) is 0 Å². The van der Waals surface area contributed by atoms with Gasteiger partial charge in [-0.25, -0.2) is 9.59 Å². The molecule has 1 rings (SSSR count). The molecule has 3 N–H and O–H groups in total. The van der Waals surface area contributed by atoms with Crippen LogP contribution in [-0.2, 0) is 4.79 Å². The van der Waals surface area contributed by atoms with E-state index in [-0.39, 0.29) is 18.0 Å². The number of nitrogens with one attached hydrogen (secondary N) is 2. The fourth-order valence-corrected chi connectivity index (χ4v) is 2.29. The van der Waals surface area contributed by atoms with E-state index in [1.807, 2.05) is 0 Å². The summed E-state index contributed by atoms with van der Waals surface area (Å²) in [6, 6.07) is -1.01. The van der Waals surface area contributed by atoms with Crippen molar-refractivity contribution in [3.05, 3.63) is 0 Å². The van der Waals surface area contributed by atoms with Crippen molar-refractivity contribution >= 4 is 12.0 Å². The normalized spacial score (nSPS) is 25.6. The molecule has 0 radical (unpaired) electrons. The molecule has 0 unspecified atom stereocenters. The van der Waals surface area contributed by atoms with Gasteiger partial charge in [-0.1, -0.05) is 20.8 Å². The van der Waals surface area contributed by atoms with E-state index in [0.717, 1.165) is 31.6 Å². The van der Waals surface area contributed by atoms with Gasteiger partial charge < -0.3 is 15.7 Å². The molecule has 2 amide bonds. The average Bonchev–Trinajstić information content (AvgIpc) is 2.28. The maximum absolute atomic E-state index is 11.7. The largest absolute Gasteiger partial charge is 0.480 e. The van der Waals surface area contributed by atoms with Gasteiger partial charge in [-0.2, -0.15) is 0 Å².